The van der Waals surface area contributed by atoms with Crippen molar-refractivity contribution in [1.29, 1.82) is 0 Å². The molecule has 2 aliphatic carbocycles. The summed E-state index contributed by atoms with van der Waals surface area (Å²) in [4.78, 5) is 17.8. The zero-order valence-corrected chi connectivity index (χ0v) is 15.9. The molecular weight excluding hydrogens is 354 g/mol. The van der Waals surface area contributed by atoms with E-state index in [4.69, 9.17) is 4.84 Å². The summed E-state index contributed by atoms with van der Waals surface area (Å²) in [5.74, 6) is 1.59. The number of hydroxylamine groups is 1. The maximum Gasteiger partial charge on any atom is 0.279 e. The number of piperidine rings is 1. The lowest BCUT2D eigenvalue weighted by atomic mass is 9.72. The van der Waals surface area contributed by atoms with Crippen molar-refractivity contribution in [3.05, 3.63) is 0 Å². The average molecular weight is 386 g/mol. The summed E-state index contributed by atoms with van der Waals surface area (Å²) in [6.45, 7) is 3.13. The van der Waals surface area contributed by atoms with Crippen LogP contribution in [0.2, 0.25) is 0 Å². The number of amides is 1. The van der Waals surface area contributed by atoms with E-state index in [-0.39, 0.29) is 23.9 Å². The molecule has 6 nitrogen and oxygen atoms in total. The van der Waals surface area contributed by atoms with Gasteiger partial charge in [-0.2, -0.15) is 5.48 Å². The number of carbonyl (C=O) groups excluding carboxylic acids is 1. The predicted molar refractivity (Wildman–Crippen MR) is 96.6 cm³/mol. The quantitative estimate of drug-likeness (QED) is 0.592. The Hall–Kier alpha value is -0.830. The Morgan fingerprint density at radius 3 is 2.67 bits per heavy atom. The van der Waals surface area contributed by atoms with Crippen LogP contribution in [-0.4, -0.2) is 43.4 Å². The molecule has 0 spiro atoms. The fourth-order valence-corrected chi connectivity index (χ4v) is 5.74. The Balaban J connectivity index is 1.28. The molecule has 4 rings (SSSR count). The van der Waals surface area contributed by atoms with Gasteiger partial charge in [-0.1, -0.05) is 0 Å². The minimum absolute atomic E-state index is 0.121. The lowest BCUT2D eigenvalue weighted by Gasteiger charge is -2.37. The van der Waals surface area contributed by atoms with Gasteiger partial charge in [0, 0.05) is 18.0 Å². The summed E-state index contributed by atoms with van der Waals surface area (Å²) in [6, 6.07) is 0.751. The monoisotopic (exact) mass is 386 g/mol. The van der Waals surface area contributed by atoms with Crippen molar-refractivity contribution in [2.75, 3.05) is 6.54 Å². The van der Waals surface area contributed by atoms with E-state index in [1.807, 2.05) is 0 Å². The highest BCUT2D eigenvalue weighted by Crippen LogP contribution is 2.48. The molecule has 2 heterocycles. The molecule has 154 valence electrons. The molecule has 2 saturated carbocycles. The van der Waals surface area contributed by atoms with E-state index in [0.717, 1.165) is 51.5 Å². The molecule has 0 aromatic carbocycles. The Kier molecular flexibility index (Phi) is 5.97. The predicted octanol–water partition coefficient (Wildman–Crippen LogP) is 1.73. The van der Waals surface area contributed by atoms with Crippen LogP contribution in [0.4, 0.5) is 8.78 Å². The SMILES string of the molecule is CC1CC(NC(=O)[C@@H]2CCC3CC(C4NOC(C(F)F)N4)CCC32)CCN1. The van der Waals surface area contributed by atoms with Gasteiger partial charge >= 0.3 is 0 Å². The fourth-order valence-electron chi connectivity index (χ4n) is 5.74. The minimum Gasteiger partial charge on any atom is -0.353 e. The number of fused-ring (bicyclic) bond motifs is 1. The lowest BCUT2D eigenvalue weighted by molar-refractivity contribution is -0.127. The van der Waals surface area contributed by atoms with Gasteiger partial charge in [0.25, 0.3) is 6.43 Å². The maximum absolute atomic E-state index is 12.9. The number of nitrogens with one attached hydrogen (secondary N) is 4. The highest BCUT2D eigenvalue weighted by Gasteiger charge is 2.46. The molecule has 0 radical (unpaired) electrons. The van der Waals surface area contributed by atoms with Gasteiger partial charge in [0.15, 0.2) is 6.23 Å². The van der Waals surface area contributed by atoms with Crippen molar-refractivity contribution in [3.63, 3.8) is 0 Å². The summed E-state index contributed by atoms with van der Waals surface area (Å²) < 4.78 is 25.6. The molecule has 8 heteroatoms. The molecule has 4 fully saturated rings. The molecule has 4 N–H and O–H groups in total. The highest BCUT2D eigenvalue weighted by atomic mass is 19.3. The van der Waals surface area contributed by atoms with Gasteiger partial charge in [0.2, 0.25) is 5.91 Å². The van der Waals surface area contributed by atoms with Crippen LogP contribution >= 0.6 is 0 Å². The Morgan fingerprint density at radius 1 is 1.11 bits per heavy atom. The van der Waals surface area contributed by atoms with E-state index < -0.39 is 12.7 Å². The number of rotatable bonds is 4. The zero-order chi connectivity index (χ0) is 19.0. The third-order valence-electron chi connectivity index (χ3n) is 7.12. The van der Waals surface area contributed by atoms with Gasteiger partial charge in [-0.25, -0.2) is 8.78 Å². The van der Waals surface area contributed by atoms with Crippen LogP contribution in [0.5, 0.6) is 0 Å². The third kappa shape index (κ3) is 4.28. The van der Waals surface area contributed by atoms with Gasteiger partial charge in [-0.15, -0.1) is 0 Å². The van der Waals surface area contributed by atoms with E-state index in [9.17, 15) is 13.6 Å². The second-order valence-corrected chi connectivity index (χ2v) is 8.90. The molecule has 27 heavy (non-hydrogen) atoms. The highest BCUT2D eigenvalue weighted by molar-refractivity contribution is 5.79. The van der Waals surface area contributed by atoms with Gasteiger partial charge in [-0.05, 0) is 76.2 Å². The standard InChI is InChI=1S/C19H32F2N4O2/c1-10-8-13(6-7-22-10)23-18(26)15-5-2-11-9-12(3-4-14(11)15)17-24-19(16(20)21)27-25-17/h10-17,19,22,24-25H,2-9H2,1H3,(H,23,26)/t10?,11?,12?,13?,14?,15-,17?,19?/m1/s1. The third-order valence-corrected chi connectivity index (χ3v) is 7.12. The Morgan fingerprint density at radius 2 is 1.93 bits per heavy atom. The van der Waals surface area contributed by atoms with E-state index in [1.165, 1.54) is 0 Å². The molecule has 2 aliphatic heterocycles. The van der Waals surface area contributed by atoms with Gasteiger partial charge in [-0.3, -0.25) is 14.9 Å². The summed E-state index contributed by atoms with van der Waals surface area (Å²) in [5, 5.41) is 9.59. The van der Waals surface area contributed by atoms with Crippen LogP contribution in [-0.2, 0) is 9.63 Å². The van der Waals surface area contributed by atoms with Crippen LogP contribution in [0.15, 0.2) is 0 Å². The first-order valence-corrected chi connectivity index (χ1v) is 10.5. The van der Waals surface area contributed by atoms with Crippen molar-refractivity contribution in [3.8, 4) is 0 Å². The van der Waals surface area contributed by atoms with Crippen molar-refractivity contribution in [1.82, 2.24) is 21.4 Å². The van der Waals surface area contributed by atoms with Gasteiger partial charge in [0.05, 0.1) is 6.17 Å². The van der Waals surface area contributed by atoms with Crippen molar-refractivity contribution < 1.29 is 18.4 Å². The van der Waals surface area contributed by atoms with Crippen LogP contribution in [0.1, 0.15) is 51.9 Å². The molecule has 0 aromatic heterocycles. The number of halogens is 2. The number of hydrogen-bond acceptors (Lipinski definition) is 5. The summed E-state index contributed by atoms with van der Waals surface area (Å²) in [5.41, 5.74) is 2.75. The molecule has 4 aliphatic rings. The van der Waals surface area contributed by atoms with Crippen LogP contribution < -0.4 is 21.4 Å². The van der Waals surface area contributed by atoms with E-state index in [2.05, 4.69) is 28.4 Å². The molecule has 2 saturated heterocycles. The van der Waals surface area contributed by atoms with Crippen LogP contribution in [0.25, 0.3) is 0 Å². The van der Waals surface area contributed by atoms with E-state index in [1.54, 1.807) is 0 Å². The van der Waals surface area contributed by atoms with Crippen LogP contribution in [0.3, 0.4) is 0 Å². The zero-order valence-electron chi connectivity index (χ0n) is 15.9. The average Bonchev–Trinajstić information content (AvgIpc) is 3.28. The molecule has 1 amide bonds. The smallest absolute Gasteiger partial charge is 0.279 e. The van der Waals surface area contributed by atoms with Crippen molar-refractivity contribution >= 4 is 5.91 Å². The van der Waals surface area contributed by atoms with Gasteiger partial charge in [0.1, 0.15) is 0 Å². The number of hydrogen-bond donors (Lipinski definition) is 4. The fraction of sp³-hybridized carbons (Fsp3) is 0.947. The molecule has 8 atom stereocenters. The van der Waals surface area contributed by atoms with Crippen molar-refractivity contribution in [2.24, 2.45) is 23.7 Å². The van der Waals surface area contributed by atoms with E-state index in [0.29, 0.717) is 23.9 Å². The first kappa shape index (κ1) is 19.5. The maximum atomic E-state index is 12.9. The Labute approximate surface area is 159 Å². The number of alkyl halides is 2. The Bertz CT molecular complexity index is 538. The number of carbonyl (C=O) groups is 1. The molecule has 0 aromatic rings. The summed E-state index contributed by atoms with van der Waals surface area (Å²) in [7, 11) is 0. The second kappa shape index (κ2) is 8.27. The first-order valence-electron chi connectivity index (χ1n) is 10.5. The summed E-state index contributed by atoms with van der Waals surface area (Å²) in [6.07, 6.45) is 2.97. The van der Waals surface area contributed by atoms with Crippen LogP contribution in [0, 0.1) is 23.7 Å². The molecule has 7 unspecified atom stereocenters. The van der Waals surface area contributed by atoms with Gasteiger partial charge < -0.3 is 10.6 Å². The summed E-state index contributed by atoms with van der Waals surface area (Å²) >= 11 is 0. The normalized spacial score (nSPS) is 45.0. The topological polar surface area (TPSA) is 74.4 Å². The van der Waals surface area contributed by atoms with E-state index >= 15 is 0 Å². The largest absolute Gasteiger partial charge is 0.353 e. The second-order valence-electron chi connectivity index (χ2n) is 8.90. The minimum atomic E-state index is -2.53. The molecule has 0 bridgehead atoms. The lowest BCUT2D eigenvalue weighted by Crippen LogP contribution is -2.49. The first-order chi connectivity index (χ1) is 13.0. The van der Waals surface area contributed by atoms with Crippen molar-refractivity contribution in [2.45, 2.75) is 82.8 Å². The molecular formula is C19H32F2N4O2.